The normalized spacial score (nSPS) is 11.5. The number of hydrogen-bond donors (Lipinski definition) is 3. The van der Waals surface area contributed by atoms with Gasteiger partial charge in [0.15, 0.2) is 13.1 Å². The SMILES string of the molecule is CCOC(=O)NC(=O)C[NH+](CC)CC(=O)Nc1ccc(F)cc1Cl. The first-order valence-electron chi connectivity index (χ1n) is 7.40. The van der Waals surface area contributed by atoms with Crippen molar-refractivity contribution < 1.29 is 28.4 Å². The van der Waals surface area contributed by atoms with Gasteiger partial charge in [-0.2, -0.15) is 0 Å². The Balaban J connectivity index is 2.53. The predicted octanol–water partition coefficient (Wildman–Crippen LogP) is 0.595. The fraction of sp³-hybridized carbons (Fsp3) is 0.400. The molecule has 1 rings (SSSR count). The van der Waals surface area contributed by atoms with Gasteiger partial charge in [-0.05, 0) is 32.0 Å². The fourth-order valence-corrected chi connectivity index (χ4v) is 2.09. The molecule has 24 heavy (non-hydrogen) atoms. The Kier molecular flexibility index (Phi) is 8.14. The number of carbonyl (C=O) groups is 3. The lowest BCUT2D eigenvalue weighted by Gasteiger charge is -2.16. The van der Waals surface area contributed by atoms with E-state index in [1.54, 1.807) is 13.8 Å². The fourth-order valence-electron chi connectivity index (χ4n) is 1.88. The molecule has 7 nitrogen and oxygen atoms in total. The van der Waals surface area contributed by atoms with Gasteiger partial charge in [-0.15, -0.1) is 0 Å². The second-order valence-electron chi connectivity index (χ2n) is 4.90. The summed E-state index contributed by atoms with van der Waals surface area (Å²) in [4.78, 5) is 35.5. The molecular formula is C15H20ClFN3O4+. The largest absolute Gasteiger partial charge is 0.450 e. The van der Waals surface area contributed by atoms with E-state index >= 15 is 0 Å². The van der Waals surface area contributed by atoms with E-state index in [0.717, 1.165) is 6.07 Å². The Morgan fingerprint density at radius 1 is 1.21 bits per heavy atom. The van der Waals surface area contributed by atoms with E-state index in [1.807, 2.05) is 0 Å². The number of likely N-dealkylation sites (N-methyl/N-ethyl adjacent to an activating group) is 1. The highest BCUT2D eigenvalue weighted by atomic mass is 35.5. The number of ether oxygens (including phenoxy) is 1. The molecule has 0 aliphatic heterocycles. The van der Waals surface area contributed by atoms with Crippen molar-refractivity contribution in [2.24, 2.45) is 0 Å². The Labute approximate surface area is 144 Å². The van der Waals surface area contributed by atoms with Crippen LogP contribution in [0.4, 0.5) is 14.9 Å². The van der Waals surface area contributed by atoms with Crippen molar-refractivity contribution in [1.82, 2.24) is 5.32 Å². The number of benzene rings is 1. The molecule has 1 aromatic rings. The standard InChI is InChI=1S/C15H19ClFN3O4/c1-3-20(9-14(22)19-15(23)24-4-2)8-13(21)18-12-6-5-10(17)7-11(12)16/h5-7H,3-4,8-9H2,1-2H3,(H,18,21)(H,19,22,23)/p+1. The van der Waals surface area contributed by atoms with Gasteiger partial charge in [0, 0.05) is 0 Å². The summed E-state index contributed by atoms with van der Waals surface area (Å²) < 4.78 is 17.6. The smallest absolute Gasteiger partial charge is 0.414 e. The molecule has 0 saturated heterocycles. The molecule has 0 saturated carbocycles. The minimum absolute atomic E-state index is 0.0134. The van der Waals surface area contributed by atoms with Gasteiger partial charge in [0.25, 0.3) is 11.8 Å². The zero-order valence-electron chi connectivity index (χ0n) is 13.4. The molecule has 132 valence electrons. The molecule has 3 amide bonds. The first kappa shape index (κ1) is 19.9. The number of amides is 3. The first-order chi connectivity index (χ1) is 11.3. The maximum absolute atomic E-state index is 13.0. The number of quaternary nitrogens is 1. The number of rotatable bonds is 7. The van der Waals surface area contributed by atoms with Gasteiger partial charge in [0.2, 0.25) is 0 Å². The molecule has 0 aromatic heterocycles. The van der Waals surface area contributed by atoms with E-state index in [9.17, 15) is 18.8 Å². The van der Waals surface area contributed by atoms with E-state index < -0.39 is 17.8 Å². The van der Waals surface area contributed by atoms with E-state index in [2.05, 4.69) is 15.4 Å². The van der Waals surface area contributed by atoms with Crippen molar-refractivity contribution in [3.63, 3.8) is 0 Å². The number of halogens is 2. The first-order valence-corrected chi connectivity index (χ1v) is 7.78. The van der Waals surface area contributed by atoms with Crippen LogP contribution in [-0.4, -0.2) is 44.1 Å². The summed E-state index contributed by atoms with van der Waals surface area (Å²) >= 11 is 5.84. The third-order valence-corrected chi connectivity index (χ3v) is 3.36. The molecule has 0 heterocycles. The topological polar surface area (TPSA) is 88.9 Å². The summed E-state index contributed by atoms with van der Waals surface area (Å²) in [6, 6.07) is 3.63. The van der Waals surface area contributed by atoms with Crippen molar-refractivity contribution in [2.45, 2.75) is 13.8 Å². The van der Waals surface area contributed by atoms with Crippen LogP contribution in [0, 0.1) is 5.82 Å². The third kappa shape index (κ3) is 6.93. The Hall–Kier alpha value is -2.19. The Morgan fingerprint density at radius 2 is 1.88 bits per heavy atom. The molecule has 0 aliphatic carbocycles. The van der Waals surface area contributed by atoms with E-state index in [4.69, 9.17) is 11.6 Å². The van der Waals surface area contributed by atoms with Crippen LogP contribution in [0.15, 0.2) is 18.2 Å². The van der Waals surface area contributed by atoms with Gasteiger partial charge in [0.05, 0.1) is 23.9 Å². The molecule has 9 heteroatoms. The highest BCUT2D eigenvalue weighted by Gasteiger charge is 2.19. The number of carbonyl (C=O) groups excluding carboxylic acids is 3. The van der Waals surface area contributed by atoms with Gasteiger partial charge in [0.1, 0.15) is 5.82 Å². The molecule has 0 radical (unpaired) electrons. The van der Waals surface area contributed by atoms with E-state index in [1.165, 1.54) is 12.1 Å². The molecule has 0 fully saturated rings. The monoisotopic (exact) mass is 360 g/mol. The van der Waals surface area contributed by atoms with Gasteiger partial charge >= 0.3 is 6.09 Å². The summed E-state index contributed by atoms with van der Waals surface area (Å²) in [6.45, 7) is 3.98. The van der Waals surface area contributed by atoms with Crippen LogP contribution in [0.1, 0.15) is 13.8 Å². The zero-order valence-corrected chi connectivity index (χ0v) is 14.2. The lowest BCUT2D eigenvalue weighted by molar-refractivity contribution is -0.881. The number of anilines is 1. The lowest BCUT2D eigenvalue weighted by atomic mass is 10.3. The molecular weight excluding hydrogens is 341 g/mol. The molecule has 1 unspecified atom stereocenters. The van der Waals surface area contributed by atoms with Crippen molar-refractivity contribution in [3.8, 4) is 0 Å². The van der Waals surface area contributed by atoms with Crippen molar-refractivity contribution in [2.75, 3.05) is 31.6 Å². The zero-order chi connectivity index (χ0) is 18.1. The van der Waals surface area contributed by atoms with Gasteiger partial charge in [-0.1, -0.05) is 11.6 Å². The Morgan fingerprint density at radius 3 is 2.46 bits per heavy atom. The summed E-state index contributed by atoms with van der Waals surface area (Å²) in [6.07, 6.45) is -0.819. The number of nitrogens with one attached hydrogen (secondary N) is 3. The van der Waals surface area contributed by atoms with Crippen molar-refractivity contribution in [1.29, 1.82) is 0 Å². The van der Waals surface area contributed by atoms with Crippen molar-refractivity contribution >= 4 is 35.2 Å². The van der Waals surface area contributed by atoms with Crippen LogP contribution in [0.3, 0.4) is 0 Å². The maximum atomic E-state index is 13.0. The average Bonchev–Trinajstić information content (AvgIpc) is 2.49. The van der Waals surface area contributed by atoms with Crippen molar-refractivity contribution in [3.05, 3.63) is 29.0 Å². The summed E-state index contributed by atoms with van der Waals surface area (Å²) in [5.74, 6) is -1.43. The van der Waals surface area contributed by atoms with Crippen LogP contribution in [-0.2, 0) is 14.3 Å². The summed E-state index contributed by atoms with van der Waals surface area (Å²) in [7, 11) is 0. The van der Waals surface area contributed by atoms with Crippen LogP contribution >= 0.6 is 11.6 Å². The van der Waals surface area contributed by atoms with Crippen LogP contribution in [0.2, 0.25) is 5.02 Å². The third-order valence-electron chi connectivity index (χ3n) is 3.04. The average molecular weight is 361 g/mol. The number of imide groups is 1. The highest BCUT2D eigenvalue weighted by molar-refractivity contribution is 6.33. The van der Waals surface area contributed by atoms with Crippen LogP contribution < -0.4 is 15.5 Å². The summed E-state index contributed by atoms with van der Waals surface area (Å²) in [5.41, 5.74) is 0.287. The number of alkyl carbamates (subject to hydrolysis) is 1. The van der Waals surface area contributed by atoms with Gasteiger partial charge in [-0.25, -0.2) is 9.18 Å². The second-order valence-corrected chi connectivity index (χ2v) is 5.31. The van der Waals surface area contributed by atoms with Crippen LogP contribution in [0.25, 0.3) is 0 Å². The van der Waals surface area contributed by atoms with E-state index in [0.29, 0.717) is 11.4 Å². The van der Waals surface area contributed by atoms with Crippen LogP contribution in [0.5, 0.6) is 0 Å². The molecule has 0 spiro atoms. The minimum atomic E-state index is -0.819. The molecule has 1 atom stereocenters. The highest BCUT2D eigenvalue weighted by Crippen LogP contribution is 2.21. The minimum Gasteiger partial charge on any atom is -0.450 e. The van der Waals surface area contributed by atoms with E-state index in [-0.39, 0.29) is 36.3 Å². The maximum Gasteiger partial charge on any atom is 0.414 e. The Bertz CT molecular complexity index is 612. The van der Waals surface area contributed by atoms with Gasteiger partial charge < -0.3 is 15.0 Å². The number of hydrogen-bond acceptors (Lipinski definition) is 4. The summed E-state index contributed by atoms with van der Waals surface area (Å²) in [5, 5.41) is 4.71. The molecule has 3 N–H and O–H groups in total. The molecule has 1 aromatic carbocycles. The molecule has 0 aliphatic rings. The molecule has 0 bridgehead atoms. The quantitative estimate of drug-likeness (QED) is 0.664. The van der Waals surface area contributed by atoms with Gasteiger partial charge in [-0.3, -0.25) is 14.9 Å². The predicted molar refractivity (Wildman–Crippen MR) is 86.4 cm³/mol. The second kappa shape index (κ2) is 9.84. The lowest BCUT2D eigenvalue weighted by Crippen LogP contribution is -3.14.